The lowest BCUT2D eigenvalue weighted by molar-refractivity contribution is 0.223. The minimum atomic E-state index is 0. The number of rotatable bonds is 9. The second-order valence-corrected chi connectivity index (χ2v) is 5.71. The summed E-state index contributed by atoms with van der Waals surface area (Å²) in [5, 5.41) is 3.07. The molecule has 6 heteroatoms. The number of hydrogen-bond donors (Lipinski definition) is 2. The van der Waals surface area contributed by atoms with E-state index < -0.39 is 0 Å². The predicted molar refractivity (Wildman–Crippen MR) is 121 cm³/mol. The summed E-state index contributed by atoms with van der Waals surface area (Å²) in [6.45, 7) is 8.61. The Labute approximate surface area is 173 Å². The maximum atomic E-state index is 5.91. The average Bonchev–Trinajstić information content (AvgIpc) is 2.65. The molecule has 0 unspecified atom stereocenters. The summed E-state index contributed by atoms with van der Waals surface area (Å²) in [4.78, 5) is 6.70. The van der Waals surface area contributed by atoms with E-state index in [1.165, 1.54) is 0 Å². The molecule has 26 heavy (non-hydrogen) atoms. The van der Waals surface area contributed by atoms with Gasteiger partial charge in [-0.25, -0.2) is 4.99 Å². The molecule has 0 saturated heterocycles. The van der Waals surface area contributed by atoms with Crippen molar-refractivity contribution in [3.8, 4) is 5.75 Å². The lowest BCUT2D eigenvalue weighted by Crippen LogP contribution is -2.27. The van der Waals surface area contributed by atoms with Crippen LogP contribution in [0.2, 0.25) is 0 Å². The van der Waals surface area contributed by atoms with Crippen molar-refractivity contribution in [2.45, 2.75) is 20.4 Å². The van der Waals surface area contributed by atoms with Crippen LogP contribution in [0.3, 0.4) is 0 Å². The van der Waals surface area contributed by atoms with E-state index >= 15 is 0 Å². The van der Waals surface area contributed by atoms with Gasteiger partial charge in [-0.2, -0.15) is 0 Å². The van der Waals surface area contributed by atoms with Gasteiger partial charge in [-0.1, -0.05) is 44.2 Å². The molecule has 0 atom stereocenters. The molecule has 0 spiro atoms. The van der Waals surface area contributed by atoms with Crippen molar-refractivity contribution in [1.82, 2.24) is 4.90 Å². The normalized spacial score (nSPS) is 11.1. The number of aliphatic imine (C=N–C) groups is 1. The van der Waals surface area contributed by atoms with Crippen molar-refractivity contribution in [2.75, 3.05) is 31.6 Å². The van der Waals surface area contributed by atoms with Gasteiger partial charge in [0.1, 0.15) is 12.4 Å². The monoisotopic (exact) mass is 468 g/mol. The lowest BCUT2D eigenvalue weighted by Gasteiger charge is -2.18. The summed E-state index contributed by atoms with van der Waals surface area (Å²) in [5.74, 6) is 1.29. The highest BCUT2D eigenvalue weighted by molar-refractivity contribution is 14.0. The molecule has 0 aromatic heterocycles. The van der Waals surface area contributed by atoms with Crippen molar-refractivity contribution < 1.29 is 4.74 Å². The first kappa shape index (κ1) is 22.2. The van der Waals surface area contributed by atoms with Crippen LogP contribution in [-0.4, -0.2) is 37.1 Å². The summed E-state index contributed by atoms with van der Waals surface area (Å²) in [7, 11) is 0. The molecule has 2 rings (SSSR count). The van der Waals surface area contributed by atoms with Crippen LogP contribution < -0.4 is 15.8 Å². The number of para-hydroxylation sites is 1. The third kappa shape index (κ3) is 8.05. The first-order valence-electron chi connectivity index (χ1n) is 8.77. The van der Waals surface area contributed by atoms with Crippen molar-refractivity contribution in [3.63, 3.8) is 0 Å². The highest BCUT2D eigenvalue weighted by Crippen LogP contribution is 2.13. The Kier molecular flexibility index (Phi) is 10.7. The van der Waals surface area contributed by atoms with E-state index in [0.717, 1.165) is 36.6 Å². The van der Waals surface area contributed by atoms with Crippen LogP contribution in [0.1, 0.15) is 19.4 Å². The minimum Gasteiger partial charge on any atom is -0.492 e. The number of hydrogen-bond acceptors (Lipinski definition) is 3. The number of nitrogens with two attached hydrogens (primary N) is 1. The van der Waals surface area contributed by atoms with Crippen LogP contribution >= 0.6 is 24.0 Å². The molecule has 0 aliphatic carbocycles. The van der Waals surface area contributed by atoms with Gasteiger partial charge in [-0.15, -0.1) is 24.0 Å². The van der Waals surface area contributed by atoms with Gasteiger partial charge < -0.3 is 20.7 Å². The molecule has 0 aliphatic heterocycles. The fourth-order valence-corrected chi connectivity index (χ4v) is 2.41. The molecule has 0 radical (unpaired) electrons. The van der Waals surface area contributed by atoms with E-state index in [1.807, 2.05) is 54.6 Å². The van der Waals surface area contributed by atoms with Crippen LogP contribution in [0.25, 0.3) is 0 Å². The zero-order valence-electron chi connectivity index (χ0n) is 15.5. The predicted octanol–water partition coefficient (Wildman–Crippen LogP) is 3.95. The Bertz CT molecular complexity index is 643. The molecule has 5 nitrogen and oxygen atoms in total. The van der Waals surface area contributed by atoms with Crippen LogP contribution in [0, 0.1) is 0 Å². The van der Waals surface area contributed by atoms with E-state index in [0.29, 0.717) is 19.1 Å². The number of nitrogens with zero attached hydrogens (tertiary/aromatic N) is 2. The van der Waals surface area contributed by atoms with E-state index in [-0.39, 0.29) is 24.0 Å². The quantitative estimate of drug-likeness (QED) is 0.333. The molecule has 0 saturated carbocycles. The Balaban J connectivity index is 0.00000338. The number of likely N-dealkylation sites (N-methyl/N-ethyl adjacent to an activating group) is 1. The maximum absolute atomic E-state index is 5.91. The number of halogens is 1. The number of anilines is 1. The van der Waals surface area contributed by atoms with Gasteiger partial charge in [-0.3, -0.25) is 0 Å². The topological polar surface area (TPSA) is 62.9 Å². The SMILES string of the molecule is CCN(CC)CCOc1ccc(CN=C(N)Nc2ccccc2)cc1.I. The van der Waals surface area contributed by atoms with Gasteiger partial charge in [0, 0.05) is 12.2 Å². The van der Waals surface area contributed by atoms with Crippen LogP contribution in [0.4, 0.5) is 5.69 Å². The standard InChI is InChI=1S/C20H28N4O.HI/c1-3-24(4-2)14-15-25-19-12-10-17(11-13-19)16-22-20(21)23-18-8-6-5-7-9-18;/h5-13H,3-4,14-16H2,1-2H3,(H3,21,22,23);1H. The molecule has 0 heterocycles. The number of guanidine groups is 1. The van der Waals surface area contributed by atoms with Crippen molar-refractivity contribution in [1.29, 1.82) is 0 Å². The van der Waals surface area contributed by atoms with E-state index in [2.05, 4.69) is 29.1 Å². The summed E-state index contributed by atoms with van der Waals surface area (Å²) >= 11 is 0. The van der Waals surface area contributed by atoms with Gasteiger partial charge in [0.15, 0.2) is 5.96 Å². The van der Waals surface area contributed by atoms with Gasteiger partial charge in [0.2, 0.25) is 0 Å². The molecule has 0 fully saturated rings. The molecule has 0 amide bonds. The highest BCUT2D eigenvalue weighted by Gasteiger charge is 2.00. The van der Waals surface area contributed by atoms with Crippen LogP contribution in [0.15, 0.2) is 59.6 Å². The highest BCUT2D eigenvalue weighted by atomic mass is 127. The van der Waals surface area contributed by atoms with E-state index in [9.17, 15) is 0 Å². The summed E-state index contributed by atoms with van der Waals surface area (Å²) < 4.78 is 5.79. The molecule has 142 valence electrons. The van der Waals surface area contributed by atoms with Crippen molar-refractivity contribution >= 4 is 35.6 Å². The molecule has 0 bridgehead atoms. The maximum Gasteiger partial charge on any atom is 0.193 e. The van der Waals surface area contributed by atoms with Gasteiger partial charge in [0.05, 0.1) is 6.54 Å². The van der Waals surface area contributed by atoms with Crippen molar-refractivity contribution in [3.05, 3.63) is 60.2 Å². The largest absolute Gasteiger partial charge is 0.492 e. The second-order valence-electron chi connectivity index (χ2n) is 5.71. The first-order chi connectivity index (χ1) is 12.2. The van der Waals surface area contributed by atoms with Crippen molar-refractivity contribution in [2.24, 2.45) is 10.7 Å². The molecule has 3 N–H and O–H groups in total. The van der Waals surface area contributed by atoms with Crippen LogP contribution in [0.5, 0.6) is 5.75 Å². The summed E-state index contributed by atoms with van der Waals surface area (Å²) in [6.07, 6.45) is 0. The fraction of sp³-hybridized carbons (Fsp3) is 0.350. The molecule has 2 aromatic carbocycles. The Morgan fingerprint density at radius 3 is 2.31 bits per heavy atom. The zero-order valence-corrected chi connectivity index (χ0v) is 17.9. The summed E-state index contributed by atoms with van der Waals surface area (Å²) in [5.41, 5.74) is 7.94. The third-order valence-corrected chi connectivity index (χ3v) is 3.97. The van der Waals surface area contributed by atoms with Crippen LogP contribution in [-0.2, 0) is 6.54 Å². The van der Waals surface area contributed by atoms with Gasteiger partial charge in [0.25, 0.3) is 0 Å². The second kappa shape index (κ2) is 12.5. The van der Waals surface area contributed by atoms with Gasteiger partial charge >= 0.3 is 0 Å². The Morgan fingerprint density at radius 1 is 1.04 bits per heavy atom. The Morgan fingerprint density at radius 2 is 1.69 bits per heavy atom. The minimum absolute atomic E-state index is 0. The third-order valence-electron chi connectivity index (χ3n) is 3.97. The zero-order chi connectivity index (χ0) is 17.9. The first-order valence-corrected chi connectivity index (χ1v) is 8.77. The molecular formula is C20H29IN4O. The lowest BCUT2D eigenvalue weighted by atomic mass is 10.2. The van der Waals surface area contributed by atoms with E-state index in [4.69, 9.17) is 10.5 Å². The number of nitrogens with one attached hydrogen (secondary N) is 1. The smallest absolute Gasteiger partial charge is 0.193 e. The summed E-state index contributed by atoms with van der Waals surface area (Å²) in [6, 6.07) is 17.8. The van der Waals surface area contributed by atoms with E-state index in [1.54, 1.807) is 0 Å². The number of benzene rings is 2. The fourth-order valence-electron chi connectivity index (χ4n) is 2.41. The Hall–Kier alpha value is -1.80. The number of ether oxygens (including phenoxy) is 1. The molecule has 0 aliphatic rings. The molecular weight excluding hydrogens is 439 g/mol. The average molecular weight is 468 g/mol. The molecule has 2 aromatic rings. The van der Waals surface area contributed by atoms with Gasteiger partial charge in [-0.05, 0) is 42.9 Å².